The Labute approximate surface area is 116 Å². The van der Waals surface area contributed by atoms with Crippen molar-refractivity contribution in [2.75, 3.05) is 0 Å². The van der Waals surface area contributed by atoms with Crippen LogP contribution in [0.25, 0.3) is 0 Å². The summed E-state index contributed by atoms with van der Waals surface area (Å²) in [6.07, 6.45) is 0. The van der Waals surface area contributed by atoms with Gasteiger partial charge in [-0.1, -0.05) is 11.6 Å². The molecule has 0 aliphatic carbocycles. The predicted molar refractivity (Wildman–Crippen MR) is 61.2 cm³/mol. The van der Waals surface area contributed by atoms with E-state index in [1.165, 1.54) is 6.92 Å². The topological polar surface area (TPSA) is 86.3 Å². The minimum absolute atomic E-state index is 0.0347. The van der Waals surface area contributed by atoms with Crippen LogP contribution in [0.4, 0.5) is 11.4 Å². The van der Waals surface area contributed by atoms with Gasteiger partial charge in [-0.25, -0.2) is 0 Å². The molecule has 0 aliphatic heterocycles. The molecule has 0 aliphatic rings. The van der Waals surface area contributed by atoms with Crippen molar-refractivity contribution in [3.63, 3.8) is 0 Å². The Morgan fingerprint density at radius 2 is 1.65 bits per heavy atom. The Kier molecular flexibility index (Phi) is 7.41. The van der Waals surface area contributed by atoms with E-state index in [9.17, 15) is 20.2 Å². The zero-order valence-corrected chi connectivity index (χ0v) is 11.3. The average molecular weight is 351 g/mol. The summed E-state index contributed by atoms with van der Waals surface area (Å²) >= 11 is 6.29. The van der Waals surface area contributed by atoms with Gasteiger partial charge in [0.15, 0.2) is 0 Å². The Morgan fingerprint density at radius 3 is 2.00 bits per heavy atom. The normalized spacial score (nSPS) is 9.41. The molecule has 1 aromatic rings. The van der Waals surface area contributed by atoms with Crippen molar-refractivity contribution < 1.29 is 23.0 Å². The van der Waals surface area contributed by atoms with Gasteiger partial charge in [-0.3, -0.25) is 20.2 Å². The number of halogens is 3. The van der Waals surface area contributed by atoms with E-state index in [0.717, 1.165) is 25.3 Å². The Balaban J connectivity index is 0.000000770. The number of hydrogen-bond acceptors (Lipinski definition) is 4. The third-order valence-electron chi connectivity index (χ3n) is 1.73. The third kappa shape index (κ3) is 4.65. The molecule has 0 spiro atoms. The van der Waals surface area contributed by atoms with Crippen LogP contribution in [0.3, 0.4) is 0 Å². The number of nitrogens with zero attached hydrogens (tertiary/aromatic N) is 2. The molecule has 0 radical (unpaired) electrons. The molecule has 1 aromatic carbocycles. The van der Waals surface area contributed by atoms with Gasteiger partial charge in [0, 0.05) is 6.07 Å². The van der Waals surface area contributed by atoms with Crippen LogP contribution in [0.2, 0.25) is 5.02 Å². The van der Waals surface area contributed by atoms with E-state index in [1.807, 2.05) is 0 Å². The van der Waals surface area contributed by atoms with Crippen molar-refractivity contribution in [1.82, 2.24) is 0 Å². The second-order valence-electron chi connectivity index (χ2n) is 2.60. The summed E-state index contributed by atoms with van der Waals surface area (Å²) < 4.78 is 0. The zero-order valence-electron chi connectivity index (χ0n) is 8.12. The molecule has 0 N–H and O–H groups in total. The average Bonchev–Trinajstić information content (AvgIpc) is 2.17. The van der Waals surface area contributed by atoms with Crippen LogP contribution < -0.4 is 0 Å². The molecule has 0 aromatic heterocycles. The van der Waals surface area contributed by atoms with Gasteiger partial charge in [0.05, 0.1) is 9.85 Å². The predicted octanol–water partition coefficient (Wildman–Crippen LogP) is 3.84. The van der Waals surface area contributed by atoms with Crippen LogP contribution in [-0.4, -0.2) is 9.85 Å². The first-order valence-corrected chi connectivity index (χ1v) is 6.72. The number of rotatable bonds is 2. The second kappa shape index (κ2) is 7.68. The molecule has 0 bridgehead atoms. The summed E-state index contributed by atoms with van der Waals surface area (Å²) in [5.41, 5.74) is -0.755. The third-order valence-corrected chi connectivity index (χ3v) is 2.04. The van der Waals surface area contributed by atoms with E-state index in [1.54, 1.807) is 0 Å². The van der Waals surface area contributed by atoms with Crippen LogP contribution in [0, 0.1) is 27.2 Å². The van der Waals surface area contributed by atoms with Gasteiger partial charge in [0.25, 0.3) is 11.4 Å². The summed E-state index contributed by atoms with van der Waals surface area (Å²) in [7, 11) is 9.34. The number of hydrogen-bond donors (Lipinski definition) is 0. The molecular weight excluding hydrogens is 346 g/mol. The number of nitro groups is 2. The van der Waals surface area contributed by atoms with Crippen molar-refractivity contribution in [2.24, 2.45) is 0 Å². The maximum absolute atomic E-state index is 10.5. The van der Waals surface area contributed by atoms with Crippen molar-refractivity contribution in [1.29, 1.82) is 0 Å². The minimum atomic E-state index is -0.731. The van der Waals surface area contributed by atoms with Gasteiger partial charge in [-0.05, 0) is 13.0 Å². The molecule has 17 heavy (non-hydrogen) atoms. The van der Waals surface area contributed by atoms with E-state index < -0.39 is 15.5 Å². The second-order valence-corrected chi connectivity index (χ2v) is 4.56. The summed E-state index contributed by atoms with van der Waals surface area (Å²) in [5.74, 6) is 0. The van der Waals surface area contributed by atoms with Gasteiger partial charge < -0.3 is 0 Å². The molecule has 0 fully saturated rings. The molecule has 0 saturated carbocycles. The molecule has 6 nitrogen and oxygen atoms in total. The first-order chi connectivity index (χ1) is 7.86. The number of nitro benzene ring substituents is 2. The van der Waals surface area contributed by atoms with E-state index >= 15 is 0 Å². The maximum atomic E-state index is 10.5. The van der Waals surface area contributed by atoms with E-state index in [2.05, 4.69) is 20.2 Å². The molecule has 0 atom stereocenters. The quantitative estimate of drug-likeness (QED) is 0.460. The van der Waals surface area contributed by atoms with Crippen molar-refractivity contribution in [3.8, 4) is 0 Å². The van der Waals surface area contributed by atoms with Crippen LogP contribution in [0.5, 0.6) is 0 Å². The fourth-order valence-electron chi connectivity index (χ4n) is 1.08. The Hall–Kier alpha value is -0.591. The van der Waals surface area contributed by atoms with Crippen LogP contribution in [-0.2, 0) is 13.1 Å². The Bertz CT molecular complexity index is 443. The molecule has 0 heterocycles. The van der Waals surface area contributed by atoms with Crippen molar-refractivity contribution in [2.45, 2.75) is 6.92 Å². The summed E-state index contributed by atoms with van der Waals surface area (Å²) in [6.45, 7) is 1.29. The molecule has 0 saturated heterocycles. The van der Waals surface area contributed by atoms with Crippen LogP contribution in [0.1, 0.15) is 5.56 Å². The molecule has 0 unspecified atom stereocenters. The van der Waals surface area contributed by atoms with Gasteiger partial charge in [0.1, 0.15) is 10.6 Å². The summed E-state index contributed by atoms with van der Waals surface area (Å²) in [5, 5.41) is 20.9. The standard InChI is InChI=1S/C7H5ClN2O4.2ClH.Cu/c1-4-6(9(11)12)3-2-5(8)7(4)10(13)14;;;/h2-3H,1H3;2*1H;/q;;;+2/p-2. The molecule has 99 valence electrons. The monoisotopic (exact) mass is 349 g/mol. The molecular formula is C7H5Cl3CuN2O4. The van der Waals surface area contributed by atoms with Gasteiger partial charge in [-0.15, -0.1) is 0 Å². The molecule has 10 heteroatoms. The fourth-order valence-corrected chi connectivity index (χ4v) is 1.35. The van der Waals surface area contributed by atoms with E-state index in [0.29, 0.717) is 0 Å². The first-order valence-electron chi connectivity index (χ1n) is 3.76. The molecule has 1 rings (SSSR count). The summed E-state index contributed by atoms with van der Waals surface area (Å²) in [6, 6.07) is 2.29. The molecule has 0 amide bonds. The summed E-state index contributed by atoms with van der Waals surface area (Å²) in [4.78, 5) is 19.6. The van der Waals surface area contributed by atoms with Gasteiger partial charge in [-0.2, -0.15) is 0 Å². The zero-order chi connectivity index (χ0) is 13.6. The van der Waals surface area contributed by atoms with E-state index in [4.69, 9.17) is 11.6 Å². The SMILES string of the molecule is Cc1c([N+](=O)[O-])ccc(Cl)c1[N+](=O)[O-].[Cl][Cu][Cl]. The van der Waals surface area contributed by atoms with Crippen LogP contribution in [0.15, 0.2) is 12.1 Å². The van der Waals surface area contributed by atoms with Crippen molar-refractivity contribution in [3.05, 3.63) is 42.9 Å². The van der Waals surface area contributed by atoms with Gasteiger partial charge >= 0.3 is 33.3 Å². The number of benzene rings is 1. The van der Waals surface area contributed by atoms with Crippen molar-refractivity contribution >= 4 is 43.2 Å². The fraction of sp³-hybridized carbons (Fsp3) is 0.143. The van der Waals surface area contributed by atoms with E-state index in [-0.39, 0.29) is 16.3 Å². The van der Waals surface area contributed by atoms with Gasteiger partial charge in [0.2, 0.25) is 0 Å². The first kappa shape index (κ1) is 16.4. The Morgan fingerprint density at radius 1 is 1.18 bits per heavy atom. The van der Waals surface area contributed by atoms with Crippen LogP contribution >= 0.6 is 31.8 Å².